The van der Waals surface area contributed by atoms with Gasteiger partial charge in [0, 0.05) is 25.2 Å². The molecule has 1 heterocycles. The molecule has 1 amide bonds. The number of nitrogens with zero attached hydrogens (tertiary/aromatic N) is 1. The lowest BCUT2D eigenvalue weighted by atomic mass is 10.2. The Balaban J connectivity index is 1.85. The van der Waals surface area contributed by atoms with Crippen LogP contribution in [-0.4, -0.2) is 20.7 Å². The normalized spacial score (nSPS) is 10.5. The third-order valence-electron chi connectivity index (χ3n) is 3.00. The van der Waals surface area contributed by atoms with Gasteiger partial charge in [0.05, 0.1) is 0 Å². The lowest BCUT2D eigenvalue weighted by Crippen LogP contribution is -2.27. The van der Waals surface area contributed by atoms with Crippen LogP contribution in [0.3, 0.4) is 0 Å². The van der Waals surface area contributed by atoms with E-state index in [2.05, 4.69) is 15.5 Å². The number of rotatable bonds is 6. The highest BCUT2D eigenvalue weighted by Crippen LogP contribution is 2.10. The highest BCUT2D eigenvalue weighted by atomic mass is 16.2. The van der Waals surface area contributed by atoms with E-state index >= 15 is 0 Å². The van der Waals surface area contributed by atoms with E-state index in [0.717, 1.165) is 10.1 Å². The van der Waals surface area contributed by atoms with Crippen molar-refractivity contribution in [3.8, 4) is 0 Å². The second kappa shape index (κ2) is 6.71. The van der Waals surface area contributed by atoms with Crippen molar-refractivity contribution in [1.82, 2.24) is 14.8 Å². The van der Waals surface area contributed by atoms with E-state index < -0.39 is 11.4 Å². The fourth-order valence-corrected chi connectivity index (χ4v) is 1.93. The first-order valence-corrected chi connectivity index (χ1v) is 6.56. The molecule has 0 spiro atoms. The molecule has 5 N–H and O–H groups in total. The molecule has 2 aromatic rings. The molecule has 0 bridgehead atoms. The molecule has 8 heteroatoms. The van der Waals surface area contributed by atoms with Gasteiger partial charge in [0.2, 0.25) is 5.91 Å². The second-order valence-corrected chi connectivity index (χ2v) is 4.57. The first kappa shape index (κ1) is 14.8. The van der Waals surface area contributed by atoms with Crippen LogP contribution in [0.4, 0.5) is 5.69 Å². The third-order valence-corrected chi connectivity index (χ3v) is 3.00. The second-order valence-electron chi connectivity index (χ2n) is 4.57. The Morgan fingerprint density at radius 1 is 1.24 bits per heavy atom. The van der Waals surface area contributed by atoms with E-state index in [1.165, 1.54) is 0 Å². The van der Waals surface area contributed by atoms with Gasteiger partial charge in [0.15, 0.2) is 0 Å². The lowest BCUT2D eigenvalue weighted by molar-refractivity contribution is -0.116. The van der Waals surface area contributed by atoms with Gasteiger partial charge in [-0.2, -0.15) is 0 Å². The van der Waals surface area contributed by atoms with Gasteiger partial charge in [0.25, 0.3) is 0 Å². The summed E-state index contributed by atoms with van der Waals surface area (Å²) in [6, 6.07) is 7.27. The number of carbonyl (C=O) groups excluding carboxylic acids is 1. The van der Waals surface area contributed by atoms with E-state index in [1.54, 1.807) is 12.1 Å². The maximum absolute atomic E-state index is 11.8. The van der Waals surface area contributed by atoms with Crippen LogP contribution in [0.5, 0.6) is 0 Å². The van der Waals surface area contributed by atoms with E-state index in [1.807, 2.05) is 12.1 Å². The summed E-state index contributed by atoms with van der Waals surface area (Å²) in [6.07, 6.45) is 0.604. The number of H-pyrrole nitrogens is 2. The van der Waals surface area contributed by atoms with E-state index in [-0.39, 0.29) is 18.9 Å². The number of benzene rings is 1. The molecular formula is C13H17N5O3. The zero-order valence-electron chi connectivity index (χ0n) is 11.4. The van der Waals surface area contributed by atoms with Gasteiger partial charge in [0.1, 0.15) is 0 Å². The number of aromatic nitrogens is 3. The molecular weight excluding hydrogens is 274 g/mol. The number of nitrogens with two attached hydrogens (primary N) is 1. The van der Waals surface area contributed by atoms with Crippen LogP contribution in [0.1, 0.15) is 18.4 Å². The summed E-state index contributed by atoms with van der Waals surface area (Å²) < 4.78 is 1.02. The van der Waals surface area contributed by atoms with Gasteiger partial charge >= 0.3 is 11.4 Å². The summed E-state index contributed by atoms with van der Waals surface area (Å²) in [7, 11) is 0. The van der Waals surface area contributed by atoms with Gasteiger partial charge in [-0.05, 0) is 24.1 Å². The zero-order valence-corrected chi connectivity index (χ0v) is 11.4. The number of hydrogen-bond acceptors (Lipinski definition) is 4. The molecule has 21 heavy (non-hydrogen) atoms. The molecule has 2 rings (SSSR count). The van der Waals surface area contributed by atoms with Gasteiger partial charge < -0.3 is 11.1 Å². The zero-order chi connectivity index (χ0) is 15.2. The SMILES string of the molecule is NCc1cccc(NC(=O)CCCn2c(=O)[nH][nH]c2=O)c1. The first-order valence-electron chi connectivity index (χ1n) is 6.56. The topological polar surface area (TPSA) is 126 Å². The molecule has 1 aromatic heterocycles. The first-order chi connectivity index (χ1) is 10.1. The summed E-state index contributed by atoms with van der Waals surface area (Å²) in [4.78, 5) is 34.3. The van der Waals surface area contributed by atoms with Crippen molar-refractivity contribution >= 4 is 11.6 Å². The van der Waals surface area contributed by atoms with Crippen LogP contribution < -0.4 is 22.4 Å². The molecule has 8 nitrogen and oxygen atoms in total. The predicted molar refractivity (Wildman–Crippen MR) is 77.9 cm³/mol. The molecule has 1 aromatic carbocycles. The fourth-order valence-electron chi connectivity index (χ4n) is 1.93. The van der Waals surface area contributed by atoms with Gasteiger partial charge in [-0.1, -0.05) is 12.1 Å². The number of carbonyl (C=O) groups is 1. The minimum absolute atomic E-state index is 0.177. The molecule has 0 unspecified atom stereocenters. The van der Waals surface area contributed by atoms with Gasteiger partial charge in [-0.25, -0.2) is 24.4 Å². The van der Waals surface area contributed by atoms with E-state index in [9.17, 15) is 14.4 Å². The van der Waals surface area contributed by atoms with Crippen LogP contribution in [0.15, 0.2) is 33.9 Å². The average Bonchev–Trinajstić information content (AvgIpc) is 2.79. The Bertz CT molecular complexity index is 700. The lowest BCUT2D eigenvalue weighted by Gasteiger charge is -2.06. The Kier molecular flexibility index (Phi) is 4.72. The molecule has 112 valence electrons. The number of anilines is 1. The quantitative estimate of drug-likeness (QED) is 0.585. The summed E-state index contributed by atoms with van der Waals surface area (Å²) in [5.41, 5.74) is 6.13. The predicted octanol–water partition coefficient (Wildman–Crippen LogP) is -0.258. The van der Waals surface area contributed by atoms with E-state index in [0.29, 0.717) is 18.7 Å². The van der Waals surface area contributed by atoms with Crippen LogP contribution in [0, 0.1) is 0 Å². The van der Waals surface area contributed by atoms with Crippen molar-refractivity contribution in [2.45, 2.75) is 25.9 Å². The minimum atomic E-state index is -0.504. The third kappa shape index (κ3) is 3.93. The Hall–Kier alpha value is -2.61. The average molecular weight is 291 g/mol. The van der Waals surface area contributed by atoms with Crippen LogP contribution in [0.2, 0.25) is 0 Å². The van der Waals surface area contributed by atoms with Crippen LogP contribution in [0.25, 0.3) is 0 Å². The molecule has 0 fully saturated rings. The Morgan fingerprint density at radius 3 is 2.62 bits per heavy atom. The summed E-state index contributed by atoms with van der Waals surface area (Å²) in [5.74, 6) is -0.177. The molecule has 0 aliphatic carbocycles. The number of amides is 1. The highest BCUT2D eigenvalue weighted by molar-refractivity contribution is 5.90. The maximum Gasteiger partial charge on any atom is 0.344 e. The van der Waals surface area contributed by atoms with Crippen molar-refractivity contribution in [3.63, 3.8) is 0 Å². The van der Waals surface area contributed by atoms with Gasteiger partial charge in [-0.15, -0.1) is 0 Å². The largest absolute Gasteiger partial charge is 0.344 e. The smallest absolute Gasteiger partial charge is 0.326 e. The molecule has 0 saturated carbocycles. The summed E-state index contributed by atoms with van der Waals surface area (Å²) >= 11 is 0. The molecule has 0 radical (unpaired) electrons. The molecule has 0 saturated heterocycles. The summed E-state index contributed by atoms with van der Waals surface area (Å²) in [5, 5.41) is 7.12. The van der Waals surface area contributed by atoms with Crippen molar-refractivity contribution in [2.75, 3.05) is 5.32 Å². The monoisotopic (exact) mass is 291 g/mol. The number of aromatic amines is 2. The van der Waals surface area contributed by atoms with Crippen molar-refractivity contribution in [3.05, 3.63) is 50.8 Å². The summed E-state index contributed by atoms with van der Waals surface area (Å²) in [6.45, 7) is 0.594. The number of nitrogens with one attached hydrogen (secondary N) is 3. The van der Waals surface area contributed by atoms with Crippen LogP contribution in [-0.2, 0) is 17.9 Å². The Morgan fingerprint density at radius 2 is 1.95 bits per heavy atom. The minimum Gasteiger partial charge on any atom is -0.326 e. The Labute approximate surface area is 120 Å². The number of hydrogen-bond donors (Lipinski definition) is 4. The van der Waals surface area contributed by atoms with Crippen molar-refractivity contribution in [2.24, 2.45) is 5.73 Å². The molecule has 0 atom stereocenters. The standard InChI is InChI=1S/C13H17N5O3/c14-8-9-3-1-4-10(7-9)15-11(19)5-2-6-18-12(20)16-17-13(18)21/h1,3-4,7H,2,5-6,8,14H2,(H,15,19)(H,16,20)(H,17,21). The van der Waals surface area contributed by atoms with Crippen molar-refractivity contribution in [1.29, 1.82) is 0 Å². The molecule has 0 aliphatic rings. The van der Waals surface area contributed by atoms with Crippen molar-refractivity contribution < 1.29 is 4.79 Å². The fraction of sp³-hybridized carbons (Fsp3) is 0.308. The van der Waals surface area contributed by atoms with Crippen LogP contribution >= 0.6 is 0 Å². The van der Waals surface area contributed by atoms with Gasteiger partial charge in [-0.3, -0.25) is 4.79 Å². The maximum atomic E-state index is 11.8. The molecule has 0 aliphatic heterocycles. The van der Waals surface area contributed by atoms with E-state index in [4.69, 9.17) is 5.73 Å². The highest BCUT2D eigenvalue weighted by Gasteiger charge is 2.06.